The number of rotatable bonds is 2. The molecule has 1 aliphatic heterocycles. The Hall–Kier alpha value is -1.81. The molecule has 84 valence electrons. The Kier molecular flexibility index (Phi) is 2.44. The van der Waals surface area contributed by atoms with E-state index in [1.165, 1.54) is 0 Å². The molecule has 1 unspecified atom stereocenters. The maximum Gasteiger partial charge on any atom is 0.243 e. The number of nitrogens with one attached hydrogen (secondary N) is 1. The number of nitrogens with two attached hydrogens (primary N) is 1. The van der Waals surface area contributed by atoms with E-state index < -0.39 is 5.54 Å². The normalized spacial score (nSPS) is 24.4. The Morgan fingerprint density at radius 1 is 1.38 bits per heavy atom. The van der Waals surface area contributed by atoms with Crippen LogP contribution in [0.4, 0.5) is 5.69 Å². The summed E-state index contributed by atoms with van der Waals surface area (Å²) in [6.07, 6.45) is 1.89. The van der Waals surface area contributed by atoms with Crippen LogP contribution in [0.25, 0.3) is 0 Å². The number of anilines is 1. The van der Waals surface area contributed by atoms with Crippen LogP contribution < -0.4 is 16.2 Å². The summed E-state index contributed by atoms with van der Waals surface area (Å²) in [5, 5.41) is 1.82. The minimum Gasteiger partial charge on any atom is -0.368 e. The summed E-state index contributed by atoms with van der Waals surface area (Å²) in [5.41, 5.74) is 9.58. The van der Waals surface area contributed by atoms with E-state index >= 15 is 0 Å². The van der Waals surface area contributed by atoms with Crippen molar-refractivity contribution in [3.05, 3.63) is 42.1 Å². The van der Waals surface area contributed by atoms with Crippen molar-refractivity contribution in [1.82, 2.24) is 5.43 Å². The van der Waals surface area contributed by atoms with Gasteiger partial charge in [0.15, 0.2) is 0 Å². The van der Waals surface area contributed by atoms with E-state index in [-0.39, 0.29) is 5.91 Å². The molecule has 1 aliphatic rings. The summed E-state index contributed by atoms with van der Waals surface area (Å²) < 4.78 is 0. The Morgan fingerprint density at radius 2 is 2.00 bits per heavy atom. The van der Waals surface area contributed by atoms with Gasteiger partial charge in [-0.3, -0.25) is 9.80 Å². The minimum absolute atomic E-state index is 0.375. The van der Waals surface area contributed by atoms with Crippen LogP contribution in [0.3, 0.4) is 0 Å². The van der Waals surface area contributed by atoms with Gasteiger partial charge in [-0.15, -0.1) is 0 Å². The highest BCUT2D eigenvalue weighted by molar-refractivity contribution is 5.89. The van der Waals surface area contributed by atoms with Gasteiger partial charge >= 0.3 is 0 Å². The van der Waals surface area contributed by atoms with E-state index in [4.69, 9.17) is 5.73 Å². The second kappa shape index (κ2) is 3.64. The third-order valence-electron chi connectivity index (χ3n) is 2.98. The molecule has 1 atom stereocenters. The van der Waals surface area contributed by atoms with Crippen LogP contribution in [-0.2, 0) is 4.79 Å². The van der Waals surface area contributed by atoms with Gasteiger partial charge in [0.25, 0.3) is 0 Å². The summed E-state index contributed by atoms with van der Waals surface area (Å²) in [6.45, 7) is 3.67. The van der Waals surface area contributed by atoms with Gasteiger partial charge in [-0.05, 0) is 31.6 Å². The maximum absolute atomic E-state index is 11.4. The summed E-state index contributed by atoms with van der Waals surface area (Å²) >= 11 is 0. The van der Waals surface area contributed by atoms with Crippen molar-refractivity contribution < 1.29 is 4.79 Å². The smallest absolute Gasteiger partial charge is 0.243 e. The molecule has 3 N–H and O–H groups in total. The summed E-state index contributed by atoms with van der Waals surface area (Å²) in [6, 6.07) is 9.76. The third kappa shape index (κ3) is 1.57. The zero-order chi connectivity index (χ0) is 11.8. The lowest BCUT2D eigenvalue weighted by molar-refractivity contribution is -0.122. The van der Waals surface area contributed by atoms with Crippen LogP contribution in [-0.4, -0.2) is 11.4 Å². The van der Waals surface area contributed by atoms with E-state index in [0.717, 1.165) is 11.3 Å². The Balaban J connectivity index is 2.29. The van der Waals surface area contributed by atoms with Gasteiger partial charge in [-0.1, -0.05) is 18.2 Å². The molecule has 0 spiro atoms. The van der Waals surface area contributed by atoms with Crippen molar-refractivity contribution in [2.75, 3.05) is 5.01 Å². The first-order chi connectivity index (χ1) is 7.54. The quantitative estimate of drug-likeness (QED) is 0.781. The molecule has 0 fully saturated rings. The number of nitrogens with zero attached hydrogens (tertiary/aromatic N) is 1. The molecule has 4 heteroatoms. The molecule has 0 saturated heterocycles. The number of para-hydroxylation sites is 1. The fraction of sp³-hybridized carbons (Fsp3) is 0.250. The Bertz CT molecular complexity index is 441. The minimum atomic E-state index is -0.796. The SMILES string of the molecule is CC1=CN(c2ccccc2)NC1(C)C(N)=O. The molecule has 0 saturated carbocycles. The molecule has 1 amide bonds. The van der Waals surface area contributed by atoms with Crippen molar-refractivity contribution in [3.63, 3.8) is 0 Å². The monoisotopic (exact) mass is 217 g/mol. The van der Waals surface area contributed by atoms with Gasteiger partial charge in [0, 0.05) is 6.20 Å². The van der Waals surface area contributed by atoms with E-state index in [9.17, 15) is 4.79 Å². The molecule has 0 aliphatic carbocycles. The highest BCUT2D eigenvalue weighted by Gasteiger charge is 2.39. The van der Waals surface area contributed by atoms with Gasteiger partial charge in [-0.25, -0.2) is 5.43 Å². The summed E-state index contributed by atoms with van der Waals surface area (Å²) in [5.74, 6) is -0.375. The Morgan fingerprint density at radius 3 is 2.50 bits per heavy atom. The standard InChI is InChI=1S/C12H15N3O/c1-9-8-15(10-6-4-3-5-7-10)14-12(9,2)11(13)16/h3-8,14H,1-2H3,(H2,13,16). The lowest BCUT2D eigenvalue weighted by Gasteiger charge is -2.26. The van der Waals surface area contributed by atoms with Gasteiger partial charge in [-0.2, -0.15) is 0 Å². The number of hydrogen-bond acceptors (Lipinski definition) is 3. The number of primary amides is 1. The second-order valence-electron chi connectivity index (χ2n) is 4.12. The summed E-state index contributed by atoms with van der Waals surface area (Å²) in [7, 11) is 0. The number of carbonyl (C=O) groups is 1. The van der Waals surface area contributed by atoms with Crippen molar-refractivity contribution >= 4 is 11.6 Å². The highest BCUT2D eigenvalue weighted by atomic mass is 16.1. The fourth-order valence-corrected chi connectivity index (χ4v) is 1.66. The lowest BCUT2D eigenvalue weighted by Crippen LogP contribution is -2.54. The van der Waals surface area contributed by atoms with E-state index in [2.05, 4.69) is 5.43 Å². The maximum atomic E-state index is 11.4. The number of hydrogen-bond donors (Lipinski definition) is 2. The van der Waals surface area contributed by atoms with Crippen molar-refractivity contribution in [2.45, 2.75) is 19.4 Å². The zero-order valence-electron chi connectivity index (χ0n) is 9.40. The zero-order valence-corrected chi connectivity index (χ0v) is 9.40. The number of hydrazine groups is 1. The first kappa shape index (κ1) is 10.7. The van der Waals surface area contributed by atoms with Crippen LogP contribution >= 0.6 is 0 Å². The topological polar surface area (TPSA) is 58.4 Å². The largest absolute Gasteiger partial charge is 0.368 e. The van der Waals surface area contributed by atoms with Crippen LogP contribution in [0.15, 0.2) is 42.1 Å². The molecule has 1 aromatic rings. The average Bonchev–Trinajstić information content (AvgIpc) is 2.58. The average molecular weight is 217 g/mol. The molecule has 0 bridgehead atoms. The van der Waals surface area contributed by atoms with Crippen LogP contribution in [0.1, 0.15) is 13.8 Å². The molecule has 1 aromatic carbocycles. The molecule has 16 heavy (non-hydrogen) atoms. The Labute approximate surface area is 94.7 Å². The molecular weight excluding hydrogens is 202 g/mol. The molecular formula is C12H15N3O. The van der Waals surface area contributed by atoms with Crippen LogP contribution in [0.2, 0.25) is 0 Å². The van der Waals surface area contributed by atoms with Gasteiger partial charge in [0.05, 0.1) is 5.69 Å². The van der Waals surface area contributed by atoms with Crippen LogP contribution in [0, 0.1) is 0 Å². The first-order valence-corrected chi connectivity index (χ1v) is 5.15. The third-order valence-corrected chi connectivity index (χ3v) is 2.98. The predicted molar refractivity (Wildman–Crippen MR) is 63.4 cm³/mol. The lowest BCUT2D eigenvalue weighted by atomic mass is 9.95. The predicted octanol–water partition coefficient (Wildman–Crippen LogP) is 1.16. The van der Waals surface area contributed by atoms with Gasteiger partial charge in [0.1, 0.15) is 5.54 Å². The summed E-state index contributed by atoms with van der Waals surface area (Å²) in [4.78, 5) is 11.4. The fourth-order valence-electron chi connectivity index (χ4n) is 1.66. The van der Waals surface area contributed by atoms with E-state index in [0.29, 0.717) is 0 Å². The molecule has 0 radical (unpaired) electrons. The molecule has 4 nitrogen and oxygen atoms in total. The highest BCUT2D eigenvalue weighted by Crippen LogP contribution is 2.26. The molecule has 2 rings (SSSR count). The molecule has 0 aromatic heterocycles. The number of carbonyl (C=O) groups excluding carboxylic acids is 1. The van der Waals surface area contributed by atoms with Gasteiger partial charge < -0.3 is 5.73 Å². The van der Waals surface area contributed by atoms with Crippen molar-refractivity contribution in [2.24, 2.45) is 5.73 Å². The van der Waals surface area contributed by atoms with Crippen LogP contribution in [0.5, 0.6) is 0 Å². The van der Waals surface area contributed by atoms with E-state index in [1.54, 1.807) is 6.92 Å². The second-order valence-corrected chi connectivity index (χ2v) is 4.12. The van der Waals surface area contributed by atoms with Crippen molar-refractivity contribution in [3.8, 4) is 0 Å². The number of benzene rings is 1. The number of amides is 1. The molecule has 1 heterocycles. The van der Waals surface area contributed by atoms with Gasteiger partial charge in [0.2, 0.25) is 5.91 Å². The van der Waals surface area contributed by atoms with Crippen molar-refractivity contribution in [1.29, 1.82) is 0 Å². The van der Waals surface area contributed by atoms with E-state index in [1.807, 2.05) is 48.5 Å². The first-order valence-electron chi connectivity index (χ1n) is 5.15.